The summed E-state index contributed by atoms with van der Waals surface area (Å²) in [6.07, 6.45) is 3.10. The lowest BCUT2D eigenvalue weighted by molar-refractivity contribution is -0.134. The normalized spacial score (nSPS) is 15.2. The van der Waals surface area contributed by atoms with E-state index in [1.165, 1.54) is 13.2 Å². The van der Waals surface area contributed by atoms with Crippen LogP contribution in [0, 0.1) is 0 Å². The Kier molecular flexibility index (Phi) is 5.42. The van der Waals surface area contributed by atoms with Gasteiger partial charge in [-0.05, 0) is 25.1 Å². The van der Waals surface area contributed by atoms with Gasteiger partial charge in [0.15, 0.2) is 8.32 Å². The first-order chi connectivity index (χ1) is 7.10. The Bertz CT molecular complexity index is 264. The van der Waals surface area contributed by atoms with Crippen LogP contribution < -0.4 is 0 Å². The average molecular weight is 244 g/mol. The molecule has 94 valence electrons. The molecule has 1 atom stereocenters. The first-order valence-electron chi connectivity index (χ1n) is 5.54. The molecule has 0 aromatic heterocycles. The van der Waals surface area contributed by atoms with Crippen molar-refractivity contribution >= 4 is 14.3 Å². The Labute approximate surface area is 100.0 Å². The Morgan fingerprint density at radius 3 is 2.19 bits per heavy atom. The Morgan fingerprint density at radius 1 is 1.31 bits per heavy atom. The molecule has 0 aromatic carbocycles. The minimum atomic E-state index is -1.75. The fourth-order valence-corrected chi connectivity index (χ4v) is 2.32. The number of rotatable bonds is 4. The third-order valence-corrected chi connectivity index (χ3v) is 7.56. The summed E-state index contributed by atoms with van der Waals surface area (Å²) in [4.78, 5) is 10.9. The maximum Gasteiger partial charge on any atom is 0.330 e. The SMILES string of the molecule is COC(=O)/C=C/C(C)O[Si](C)(C)C(C)(C)C. The minimum Gasteiger partial charge on any atom is -0.466 e. The maximum absolute atomic E-state index is 10.9. The molecule has 0 aliphatic rings. The molecule has 0 saturated carbocycles. The molecule has 0 rings (SSSR count). The van der Waals surface area contributed by atoms with E-state index in [2.05, 4.69) is 38.6 Å². The largest absolute Gasteiger partial charge is 0.466 e. The van der Waals surface area contributed by atoms with Crippen LogP contribution in [0.15, 0.2) is 12.2 Å². The molecule has 3 nitrogen and oxygen atoms in total. The zero-order chi connectivity index (χ0) is 13.0. The molecule has 0 aromatic rings. The van der Waals surface area contributed by atoms with Crippen molar-refractivity contribution in [2.45, 2.75) is 51.9 Å². The first kappa shape index (κ1) is 15.4. The van der Waals surface area contributed by atoms with Crippen molar-refractivity contribution in [1.29, 1.82) is 0 Å². The van der Waals surface area contributed by atoms with Crippen LogP contribution in [0.5, 0.6) is 0 Å². The Balaban J connectivity index is 4.40. The molecule has 0 N–H and O–H groups in total. The van der Waals surface area contributed by atoms with Crippen molar-refractivity contribution in [3.8, 4) is 0 Å². The highest BCUT2D eigenvalue weighted by atomic mass is 28.4. The van der Waals surface area contributed by atoms with E-state index in [0.29, 0.717) is 0 Å². The van der Waals surface area contributed by atoms with Gasteiger partial charge in [0.25, 0.3) is 0 Å². The van der Waals surface area contributed by atoms with Crippen molar-refractivity contribution in [1.82, 2.24) is 0 Å². The molecule has 0 radical (unpaired) electrons. The van der Waals surface area contributed by atoms with Crippen LogP contribution in [0.3, 0.4) is 0 Å². The lowest BCUT2D eigenvalue weighted by Crippen LogP contribution is -2.42. The summed E-state index contributed by atoms with van der Waals surface area (Å²) in [5.74, 6) is -0.342. The van der Waals surface area contributed by atoms with Gasteiger partial charge in [-0.25, -0.2) is 4.79 Å². The number of ether oxygens (including phenoxy) is 1. The summed E-state index contributed by atoms with van der Waals surface area (Å²) >= 11 is 0. The van der Waals surface area contributed by atoms with Crippen LogP contribution >= 0.6 is 0 Å². The summed E-state index contributed by atoms with van der Waals surface area (Å²) < 4.78 is 10.6. The number of hydrogen-bond acceptors (Lipinski definition) is 3. The van der Waals surface area contributed by atoms with E-state index in [4.69, 9.17) is 4.43 Å². The highest BCUT2D eigenvalue weighted by Gasteiger charge is 2.37. The highest BCUT2D eigenvalue weighted by Crippen LogP contribution is 2.37. The summed E-state index contributed by atoms with van der Waals surface area (Å²) in [5, 5.41) is 0.181. The van der Waals surface area contributed by atoms with Crippen LogP contribution in [0.2, 0.25) is 18.1 Å². The highest BCUT2D eigenvalue weighted by molar-refractivity contribution is 6.74. The number of methoxy groups -OCH3 is 1. The standard InChI is InChI=1S/C12H24O3Si/c1-10(8-9-11(13)14-5)15-16(6,7)12(2,3)4/h8-10H,1-7H3/b9-8+. The van der Waals surface area contributed by atoms with Gasteiger partial charge < -0.3 is 9.16 Å². The summed E-state index contributed by atoms with van der Waals surface area (Å²) in [6.45, 7) is 12.9. The van der Waals surface area contributed by atoms with E-state index in [0.717, 1.165) is 0 Å². The van der Waals surface area contributed by atoms with E-state index >= 15 is 0 Å². The van der Waals surface area contributed by atoms with E-state index in [1.807, 2.05) is 6.92 Å². The molecule has 16 heavy (non-hydrogen) atoms. The number of hydrogen-bond donors (Lipinski definition) is 0. The van der Waals surface area contributed by atoms with Gasteiger partial charge in [0.05, 0.1) is 13.2 Å². The molecule has 0 saturated heterocycles. The molecule has 1 unspecified atom stereocenters. The van der Waals surface area contributed by atoms with Crippen molar-refractivity contribution < 1.29 is 14.0 Å². The van der Waals surface area contributed by atoms with Gasteiger partial charge in [0.1, 0.15) is 0 Å². The quantitative estimate of drug-likeness (QED) is 0.433. The van der Waals surface area contributed by atoms with E-state index in [-0.39, 0.29) is 17.1 Å². The Hall–Kier alpha value is -0.613. The van der Waals surface area contributed by atoms with Crippen LogP contribution in [-0.4, -0.2) is 27.5 Å². The van der Waals surface area contributed by atoms with Gasteiger partial charge in [-0.2, -0.15) is 0 Å². The molecule has 4 heteroatoms. The Morgan fingerprint density at radius 2 is 1.81 bits per heavy atom. The van der Waals surface area contributed by atoms with E-state index in [9.17, 15) is 4.79 Å². The monoisotopic (exact) mass is 244 g/mol. The van der Waals surface area contributed by atoms with Crippen molar-refractivity contribution in [2.24, 2.45) is 0 Å². The molecule has 0 aliphatic heterocycles. The summed E-state index contributed by atoms with van der Waals surface area (Å²) in [7, 11) is -0.386. The molecule has 0 fully saturated rings. The van der Waals surface area contributed by atoms with Gasteiger partial charge in [-0.3, -0.25) is 0 Å². The summed E-state index contributed by atoms with van der Waals surface area (Å²) in [5.41, 5.74) is 0. The molecule has 0 aliphatic carbocycles. The van der Waals surface area contributed by atoms with Crippen LogP contribution in [0.25, 0.3) is 0 Å². The van der Waals surface area contributed by atoms with E-state index < -0.39 is 8.32 Å². The predicted molar refractivity (Wildman–Crippen MR) is 68.9 cm³/mol. The second-order valence-corrected chi connectivity index (χ2v) is 10.2. The molecule has 0 spiro atoms. The topological polar surface area (TPSA) is 35.5 Å². The average Bonchev–Trinajstić information content (AvgIpc) is 2.11. The zero-order valence-electron chi connectivity index (χ0n) is 11.5. The second-order valence-electron chi connectivity index (χ2n) is 5.47. The van der Waals surface area contributed by atoms with Crippen LogP contribution in [0.4, 0.5) is 0 Å². The minimum absolute atomic E-state index is 0.0556. The van der Waals surface area contributed by atoms with Gasteiger partial charge in [-0.1, -0.05) is 26.8 Å². The molecule has 0 bridgehead atoms. The van der Waals surface area contributed by atoms with Gasteiger partial charge in [0.2, 0.25) is 0 Å². The lowest BCUT2D eigenvalue weighted by atomic mass is 10.2. The zero-order valence-corrected chi connectivity index (χ0v) is 12.5. The predicted octanol–water partition coefficient (Wildman–Crippen LogP) is 3.13. The lowest BCUT2D eigenvalue weighted by Gasteiger charge is -2.37. The number of carbonyl (C=O) groups excluding carboxylic acids is 1. The smallest absolute Gasteiger partial charge is 0.330 e. The van der Waals surface area contributed by atoms with Crippen molar-refractivity contribution in [3.63, 3.8) is 0 Å². The van der Waals surface area contributed by atoms with Gasteiger partial charge in [-0.15, -0.1) is 0 Å². The number of carbonyl (C=O) groups is 1. The second kappa shape index (κ2) is 5.64. The fraction of sp³-hybridized carbons (Fsp3) is 0.750. The van der Waals surface area contributed by atoms with Crippen molar-refractivity contribution in [3.05, 3.63) is 12.2 Å². The van der Waals surface area contributed by atoms with Gasteiger partial charge >= 0.3 is 5.97 Å². The molecular formula is C12H24O3Si. The first-order valence-corrected chi connectivity index (χ1v) is 8.45. The molecule has 0 heterocycles. The maximum atomic E-state index is 10.9. The number of esters is 1. The van der Waals surface area contributed by atoms with Gasteiger partial charge in [0, 0.05) is 6.08 Å². The van der Waals surface area contributed by atoms with E-state index in [1.54, 1.807) is 6.08 Å². The third-order valence-electron chi connectivity index (χ3n) is 2.99. The van der Waals surface area contributed by atoms with Crippen LogP contribution in [0.1, 0.15) is 27.7 Å². The van der Waals surface area contributed by atoms with Crippen LogP contribution in [-0.2, 0) is 14.0 Å². The third kappa shape index (κ3) is 4.94. The fourth-order valence-electron chi connectivity index (χ4n) is 0.963. The van der Waals surface area contributed by atoms with Crippen molar-refractivity contribution in [2.75, 3.05) is 7.11 Å². The molecular weight excluding hydrogens is 220 g/mol. The summed E-state index contributed by atoms with van der Waals surface area (Å²) in [6, 6.07) is 0. The molecule has 0 amide bonds.